The highest BCUT2D eigenvalue weighted by atomic mass is 16.5. The van der Waals surface area contributed by atoms with Gasteiger partial charge in [-0.05, 0) is 12.8 Å². The third-order valence-electron chi connectivity index (χ3n) is 2.99. The van der Waals surface area contributed by atoms with Crippen molar-refractivity contribution < 1.29 is 4.74 Å². The van der Waals surface area contributed by atoms with Crippen LogP contribution >= 0.6 is 0 Å². The molecule has 2 saturated heterocycles. The van der Waals surface area contributed by atoms with E-state index in [9.17, 15) is 0 Å². The zero-order valence-corrected chi connectivity index (χ0v) is 8.11. The summed E-state index contributed by atoms with van der Waals surface area (Å²) in [7, 11) is 0. The fourth-order valence-corrected chi connectivity index (χ4v) is 2.22. The molecule has 2 aliphatic heterocycles. The summed E-state index contributed by atoms with van der Waals surface area (Å²) in [5.74, 6) is 5.81. The largest absolute Gasteiger partial charge is 0.379 e. The minimum absolute atomic E-state index is 0.669. The standard InChI is InChI=1S/C9H19N3O/c10-12-3-1-2-9(8-12)11-4-6-13-7-5-11/h9H,1-8,10H2. The first-order valence-electron chi connectivity index (χ1n) is 5.18. The lowest BCUT2D eigenvalue weighted by atomic mass is 10.1. The van der Waals surface area contributed by atoms with E-state index in [4.69, 9.17) is 10.6 Å². The van der Waals surface area contributed by atoms with E-state index < -0.39 is 0 Å². The van der Waals surface area contributed by atoms with Crippen LogP contribution in [-0.4, -0.2) is 55.3 Å². The molecule has 0 aromatic rings. The van der Waals surface area contributed by atoms with Crippen molar-refractivity contribution in [1.29, 1.82) is 0 Å². The fourth-order valence-electron chi connectivity index (χ4n) is 2.22. The summed E-state index contributed by atoms with van der Waals surface area (Å²) >= 11 is 0. The monoisotopic (exact) mass is 185 g/mol. The second kappa shape index (κ2) is 4.37. The molecular weight excluding hydrogens is 166 g/mol. The molecule has 4 nitrogen and oxygen atoms in total. The molecule has 1 unspecified atom stereocenters. The van der Waals surface area contributed by atoms with E-state index in [0.717, 1.165) is 39.4 Å². The number of hydrogen-bond acceptors (Lipinski definition) is 4. The molecule has 0 amide bonds. The summed E-state index contributed by atoms with van der Waals surface area (Å²) in [6.45, 7) is 6.03. The Balaban J connectivity index is 1.83. The second-order valence-electron chi connectivity index (χ2n) is 3.94. The van der Waals surface area contributed by atoms with Crippen LogP contribution in [-0.2, 0) is 4.74 Å². The molecule has 2 aliphatic rings. The van der Waals surface area contributed by atoms with E-state index in [0.29, 0.717) is 6.04 Å². The fraction of sp³-hybridized carbons (Fsp3) is 1.00. The number of nitrogens with zero attached hydrogens (tertiary/aromatic N) is 2. The first kappa shape index (κ1) is 9.40. The number of hydrazine groups is 1. The van der Waals surface area contributed by atoms with Gasteiger partial charge in [-0.1, -0.05) is 0 Å². The number of ether oxygens (including phenoxy) is 1. The van der Waals surface area contributed by atoms with Gasteiger partial charge < -0.3 is 4.74 Å². The highest BCUT2D eigenvalue weighted by molar-refractivity contribution is 4.79. The van der Waals surface area contributed by atoms with Gasteiger partial charge in [-0.2, -0.15) is 0 Å². The molecule has 2 heterocycles. The second-order valence-corrected chi connectivity index (χ2v) is 3.94. The van der Waals surface area contributed by atoms with Gasteiger partial charge in [-0.15, -0.1) is 0 Å². The van der Waals surface area contributed by atoms with Gasteiger partial charge in [0, 0.05) is 32.2 Å². The zero-order valence-electron chi connectivity index (χ0n) is 8.11. The molecule has 76 valence electrons. The topological polar surface area (TPSA) is 41.7 Å². The van der Waals surface area contributed by atoms with Gasteiger partial charge in [0.05, 0.1) is 13.2 Å². The van der Waals surface area contributed by atoms with E-state index in [1.165, 1.54) is 12.8 Å². The van der Waals surface area contributed by atoms with Crippen LogP contribution in [0.4, 0.5) is 0 Å². The molecule has 0 aliphatic carbocycles. The molecular formula is C9H19N3O. The van der Waals surface area contributed by atoms with Gasteiger partial charge in [0.25, 0.3) is 0 Å². The zero-order chi connectivity index (χ0) is 9.10. The summed E-state index contributed by atoms with van der Waals surface area (Å²) in [6, 6.07) is 0.669. The average molecular weight is 185 g/mol. The van der Waals surface area contributed by atoms with Crippen molar-refractivity contribution in [3.05, 3.63) is 0 Å². The van der Waals surface area contributed by atoms with E-state index in [2.05, 4.69) is 4.90 Å². The number of morpholine rings is 1. The Labute approximate surface area is 79.6 Å². The third-order valence-corrected chi connectivity index (χ3v) is 2.99. The van der Waals surface area contributed by atoms with Crippen LogP contribution in [0.5, 0.6) is 0 Å². The molecule has 2 N–H and O–H groups in total. The maximum atomic E-state index is 5.81. The molecule has 0 aromatic heterocycles. The molecule has 0 radical (unpaired) electrons. The minimum atomic E-state index is 0.669. The highest BCUT2D eigenvalue weighted by Gasteiger charge is 2.24. The van der Waals surface area contributed by atoms with Gasteiger partial charge in [-0.3, -0.25) is 10.7 Å². The van der Waals surface area contributed by atoms with Crippen LogP contribution in [0.15, 0.2) is 0 Å². The lowest BCUT2D eigenvalue weighted by Crippen LogP contribution is -2.53. The van der Waals surface area contributed by atoms with Gasteiger partial charge in [0.2, 0.25) is 0 Å². The van der Waals surface area contributed by atoms with Crippen molar-refractivity contribution in [3.8, 4) is 0 Å². The summed E-state index contributed by atoms with van der Waals surface area (Å²) in [5, 5.41) is 1.95. The Morgan fingerprint density at radius 1 is 1.15 bits per heavy atom. The van der Waals surface area contributed by atoms with Crippen LogP contribution in [0, 0.1) is 0 Å². The maximum absolute atomic E-state index is 5.81. The normalized spacial score (nSPS) is 33.5. The summed E-state index contributed by atoms with van der Waals surface area (Å²) in [4.78, 5) is 2.52. The highest BCUT2D eigenvalue weighted by Crippen LogP contribution is 2.14. The summed E-state index contributed by atoms with van der Waals surface area (Å²) < 4.78 is 5.33. The first-order valence-corrected chi connectivity index (χ1v) is 5.18. The molecule has 0 aromatic carbocycles. The molecule has 1 atom stereocenters. The Hall–Kier alpha value is -0.160. The first-order chi connectivity index (χ1) is 6.36. The van der Waals surface area contributed by atoms with Gasteiger partial charge >= 0.3 is 0 Å². The lowest BCUT2D eigenvalue weighted by molar-refractivity contribution is -0.00266. The lowest BCUT2D eigenvalue weighted by Gasteiger charge is -2.39. The quantitative estimate of drug-likeness (QED) is 0.567. The van der Waals surface area contributed by atoms with E-state index in [1.807, 2.05) is 5.01 Å². The molecule has 0 bridgehead atoms. The van der Waals surface area contributed by atoms with E-state index in [1.54, 1.807) is 0 Å². The smallest absolute Gasteiger partial charge is 0.0594 e. The van der Waals surface area contributed by atoms with Crippen LogP contribution in [0.3, 0.4) is 0 Å². The Bertz CT molecular complexity index is 159. The number of nitrogens with two attached hydrogens (primary N) is 1. The van der Waals surface area contributed by atoms with Gasteiger partial charge in [0.1, 0.15) is 0 Å². The van der Waals surface area contributed by atoms with Crippen LogP contribution in [0.25, 0.3) is 0 Å². The van der Waals surface area contributed by atoms with Crippen molar-refractivity contribution in [2.24, 2.45) is 5.84 Å². The molecule has 2 rings (SSSR count). The van der Waals surface area contributed by atoms with Crippen molar-refractivity contribution >= 4 is 0 Å². The van der Waals surface area contributed by atoms with Gasteiger partial charge in [0.15, 0.2) is 0 Å². The predicted octanol–water partition coefficient (Wildman–Crippen LogP) is -0.343. The SMILES string of the molecule is NN1CCCC(N2CCOCC2)C1. The number of rotatable bonds is 1. The molecule has 4 heteroatoms. The summed E-state index contributed by atoms with van der Waals surface area (Å²) in [5.41, 5.74) is 0. The molecule has 0 saturated carbocycles. The van der Waals surface area contributed by atoms with Crippen LogP contribution in [0.1, 0.15) is 12.8 Å². The molecule has 13 heavy (non-hydrogen) atoms. The molecule has 2 fully saturated rings. The van der Waals surface area contributed by atoms with Crippen molar-refractivity contribution in [3.63, 3.8) is 0 Å². The van der Waals surface area contributed by atoms with Crippen molar-refractivity contribution in [2.45, 2.75) is 18.9 Å². The number of hydrogen-bond donors (Lipinski definition) is 1. The Morgan fingerprint density at radius 2 is 1.92 bits per heavy atom. The molecule has 0 spiro atoms. The number of piperidine rings is 1. The van der Waals surface area contributed by atoms with Gasteiger partial charge in [-0.25, -0.2) is 5.01 Å². The van der Waals surface area contributed by atoms with E-state index in [-0.39, 0.29) is 0 Å². The Kier molecular flexibility index (Phi) is 3.16. The summed E-state index contributed by atoms with van der Waals surface area (Å²) in [6.07, 6.45) is 2.53. The minimum Gasteiger partial charge on any atom is -0.379 e. The van der Waals surface area contributed by atoms with Crippen molar-refractivity contribution in [1.82, 2.24) is 9.91 Å². The van der Waals surface area contributed by atoms with Crippen molar-refractivity contribution in [2.75, 3.05) is 39.4 Å². The van der Waals surface area contributed by atoms with E-state index >= 15 is 0 Å². The Morgan fingerprint density at radius 3 is 2.62 bits per heavy atom. The average Bonchev–Trinajstić information content (AvgIpc) is 2.19. The third kappa shape index (κ3) is 2.40. The van der Waals surface area contributed by atoms with Crippen LogP contribution in [0.2, 0.25) is 0 Å². The maximum Gasteiger partial charge on any atom is 0.0594 e. The van der Waals surface area contributed by atoms with Crippen LogP contribution < -0.4 is 5.84 Å². The predicted molar refractivity (Wildman–Crippen MR) is 51.2 cm³/mol.